The van der Waals surface area contributed by atoms with Gasteiger partial charge in [-0.25, -0.2) is 0 Å². The number of aryl methyl sites for hydroxylation is 1. The fourth-order valence-corrected chi connectivity index (χ4v) is 1.25. The first-order valence-corrected chi connectivity index (χ1v) is 5.00. The van der Waals surface area contributed by atoms with Gasteiger partial charge < -0.3 is 9.84 Å². The van der Waals surface area contributed by atoms with Crippen molar-refractivity contribution in [3.8, 4) is 17.6 Å². The van der Waals surface area contributed by atoms with Crippen LogP contribution in [0.15, 0.2) is 18.2 Å². The van der Waals surface area contributed by atoms with Gasteiger partial charge in [0.2, 0.25) is 0 Å². The third-order valence-electron chi connectivity index (χ3n) is 1.85. The molecular formula is C13H16O2. The van der Waals surface area contributed by atoms with Gasteiger partial charge in [-0.15, -0.1) is 0 Å². The first kappa shape index (κ1) is 11.6. The molecule has 0 atom stereocenters. The van der Waals surface area contributed by atoms with E-state index in [4.69, 9.17) is 9.84 Å². The lowest BCUT2D eigenvalue weighted by Gasteiger charge is -2.12. The summed E-state index contributed by atoms with van der Waals surface area (Å²) in [6, 6.07) is 5.77. The molecule has 0 bridgehead atoms. The Morgan fingerprint density at radius 2 is 2.13 bits per heavy atom. The van der Waals surface area contributed by atoms with Crippen LogP contribution in [0.4, 0.5) is 0 Å². The van der Waals surface area contributed by atoms with Gasteiger partial charge in [-0.05, 0) is 44.5 Å². The van der Waals surface area contributed by atoms with E-state index in [2.05, 4.69) is 11.8 Å². The first-order chi connectivity index (χ1) is 7.13. The van der Waals surface area contributed by atoms with Crippen molar-refractivity contribution in [2.75, 3.05) is 6.61 Å². The van der Waals surface area contributed by atoms with E-state index in [1.807, 2.05) is 39.0 Å². The molecule has 15 heavy (non-hydrogen) atoms. The molecule has 0 aliphatic heterocycles. The van der Waals surface area contributed by atoms with Crippen molar-refractivity contribution in [3.05, 3.63) is 29.3 Å². The van der Waals surface area contributed by atoms with E-state index in [9.17, 15) is 0 Å². The number of benzene rings is 1. The first-order valence-electron chi connectivity index (χ1n) is 5.00. The number of aliphatic hydroxyl groups excluding tert-OH is 1. The Labute approximate surface area is 90.9 Å². The molecule has 80 valence electrons. The zero-order valence-electron chi connectivity index (χ0n) is 9.37. The van der Waals surface area contributed by atoms with Crippen LogP contribution >= 0.6 is 0 Å². The number of hydrogen-bond acceptors (Lipinski definition) is 2. The molecule has 0 aliphatic carbocycles. The molecule has 1 aromatic rings. The fourth-order valence-electron chi connectivity index (χ4n) is 1.25. The minimum absolute atomic E-state index is 0.108. The summed E-state index contributed by atoms with van der Waals surface area (Å²) in [4.78, 5) is 0. The summed E-state index contributed by atoms with van der Waals surface area (Å²) >= 11 is 0. The van der Waals surface area contributed by atoms with Gasteiger partial charge >= 0.3 is 0 Å². The Kier molecular flexibility index (Phi) is 4.20. The lowest BCUT2D eigenvalue weighted by atomic mass is 10.1. The highest BCUT2D eigenvalue weighted by atomic mass is 16.5. The smallest absolute Gasteiger partial charge is 0.122 e. The predicted octanol–water partition coefficient (Wildman–Crippen LogP) is 2.13. The molecule has 0 spiro atoms. The average Bonchev–Trinajstić information content (AvgIpc) is 2.18. The second-order valence-corrected chi connectivity index (χ2v) is 3.61. The molecule has 1 aromatic carbocycles. The normalized spacial score (nSPS) is 9.67. The molecule has 2 nitrogen and oxygen atoms in total. The molecule has 0 amide bonds. The molecule has 1 N–H and O–H groups in total. The number of hydrogen-bond donors (Lipinski definition) is 1. The maximum Gasteiger partial charge on any atom is 0.122 e. The van der Waals surface area contributed by atoms with Crippen molar-refractivity contribution in [1.82, 2.24) is 0 Å². The summed E-state index contributed by atoms with van der Waals surface area (Å²) in [5, 5.41) is 8.57. The van der Waals surface area contributed by atoms with Crippen LogP contribution in [0.5, 0.6) is 5.75 Å². The van der Waals surface area contributed by atoms with Crippen molar-refractivity contribution in [3.63, 3.8) is 0 Å². The van der Waals surface area contributed by atoms with E-state index in [1.165, 1.54) is 0 Å². The summed E-state index contributed by atoms with van der Waals surface area (Å²) in [6.45, 7) is 5.88. The largest absolute Gasteiger partial charge is 0.491 e. The third kappa shape index (κ3) is 3.65. The number of aliphatic hydroxyl groups is 1. The standard InChI is InChI=1S/C13H16O2/c1-10(2)15-13-7-6-12(5-4-8-14)9-11(13)3/h6-7,9-10,14H,8H2,1-3H3. The van der Waals surface area contributed by atoms with Gasteiger partial charge in [-0.2, -0.15) is 0 Å². The van der Waals surface area contributed by atoms with E-state index in [1.54, 1.807) is 0 Å². The van der Waals surface area contributed by atoms with Gasteiger partial charge in [-0.1, -0.05) is 11.8 Å². The van der Waals surface area contributed by atoms with Crippen LogP contribution in [-0.4, -0.2) is 17.8 Å². The monoisotopic (exact) mass is 204 g/mol. The van der Waals surface area contributed by atoms with E-state index in [-0.39, 0.29) is 12.7 Å². The van der Waals surface area contributed by atoms with Crippen molar-refractivity contribution in [1.29, 1.82) is 0 Å². The summed E-state index contributed by atoms with van der Waals surface area (Å²) < 4.78 is 5.61. The van der Waals surface area contributed by atoms with E-state index < -0.39 is 0 Å². The lowest BCUT2D eigenvalue weighted by Crippen LogP contribution is -2.06. The van der Waals surface area contributed by atoms with Crippen molar-refractivity contribution in [2.24, 2.45) is 0 Å². The highest BCUT2D eigenvalue weighted by Crippen LogP contribution is 2.19. The van der Waals surface area contributed by atoms with Crippen molar-refractivity contribution < 1.29 is 9.84 Å². The maximum absolute atomic E-state index is 8.57. The minimum atomic E-state index is -0.108. The van der Waals surface area contributed by atoms with Gasteiger partial charge in [0, 0.05) is 5.56 Å². The summed E-state index contributed by atoms with van der Waals surface area (Å²) in [5.74, 6) is 6.37. The predicted molar refractivity (Wildman–Crippen MR) is 60.9 cm³/mol. The Bertz CT molecular complexity index is 383. The Morgan fingerprint density at radius 1 is 1.40 bits per heavy atom. The third-order valence-corrected chi connectivity index (χ3v) is 1.85. The molecule has 0 heterocycles. The fraction of sp³-hybridized carbons (Fsp3) is 0.385. The Hall–Kier alpha value is -1.46. The molecule has 0 aromatic heterocycles. The molecule has 0 saturated heterocycles. The van der Waals surface area contributed by atoms with Gasteiger partial charge in [0.05, 0.1) is 6.10 Å². The van der Waals surface area contributed by atoms with E-state index in [0.29, 0.717) is 0 Å². The SMILES string of the molecule is Cc1cc(C#CCO)ccc1OC(C)C. The molecule has 0 radical (unpaired) electrons. The molecule has 0 unspecified atom stereocenters. The number of rotatable bonds is 2. The highest BCUT2D eigenvalue weighted by molar-refractivity contribution is 5.43. The van der Waals surface area contributed by atoms with E-state index >= 15 is 0 Å². The molecular weight excluding hydrogens is 188 g/mol. The quantitative estimate of drug-likeness (QED) is 0.748. The van der Waals surface area contributed by atoms with Crippen LogP contribution in [0.25, 0.3) is 0 Å². The Morgan fingerprint density at radius 3 is 2.67 bits per heavy atom. The van der Waals surface area contributed by atoms with Crippen LogP contribution in [0.1, 0.15) is 25.0 Å². The number of ether oxygens (including phenoxy) is 1. The second-order valence-electron chi connectivity index (χ2n) is 3.61. The van der Waals surface area contributed by atoms with Crippen LogP contribution in [0.2, 0.25) is 0 Å². The summed E-state index contributed by atoms with van der Waals surface area (Å²) in [6.07, 6.45) is 0.179. The second kappa shape index (κ2) is 5.43. The van der Waals surface area contributed by atoms with Crippen LogP contribution < -0.4 is 4.74 Å². The van der Waals surface area contributed by atoms with Gasteiger partial charge in [0.1, 0.15) is 12.4 Å². The molecule has 0 aliphatic rings. The maximum atomic E-state index is 8.57. The zero-order chi connectivity index (χ0) is 11.3. The summed E-state index contributed by atoms with van der Waals surface area (Å²) in [7, 11) is 0. The zero-order valence-corrected chi connectivity index (χ0v) is 9.37. The molecule has 0 saturated carbocycles. The minimum Gasteiger partial charge on any atom is -0.491 e. The van der Waals surface area contributed by atoms with Crippen LogP contribution in [0, 0.1) is 18.8 Å². The van der Waals surface area contributed by atoms with Crippen LogP contribution in [-0.2, 0) is 0 Å². The van der Waals surface area contributed by atoms with Gasteiger partial charge in [-0.3, -0.25) is 0 Å². The van der Waals surface area contributed by atoms with Crippen LogP contribution in [0.3, 0.4) is 0 Å². The average molecular weight is 204 g/mol. The lowest BCUT2D eigenvalue weighted by molar-refractivity contribution is 0.241. The van der Waals surface area contributed by atoms with Crippen molar-refractivity contribution in [2.45, 2.75) is 26.9 Å². The molecule has 0 fully saturated rings. The van der Waals surface area contributed by atoms with Crippen molar-refractivity contribution >= 4 is 0 Å². The van der Waals surface area contributed by atoms with E-state index in [0.717, 1.165) is 16.9 Å². The van der Waals surface area contributed by atoms with Gasteiger partial charge in [0.25, 0.3) is 0 Å². The highest BCUT2D eigenvalue weighted by Gasteiger charge is 2.01. The van der Waals surface area contributed by atoms with Gasteiger partial charge in [0.15, 0.2) is 0 Å². The molecule has 2 heteroatoms. The topological polar surface area (TPSA) is 29.5 Å². The molecule has 1 rings (SSSR count). The Balaban J connectivity index is 2.88. The summed E-state index contributed by atoms with van der Waals surface area (Å²) in [5.41, 5.74) is 1.96.